The van der Waals surface area contributed by atoms with E-state index in [1.165, 1.54) is 0 Å². The molecule has 4 heteroatoms. The highest BCUT2D eigenvalue weighted by molar-refractivity contribution is 6.01. The van der Waals surface area contributed by atoms with E-state index in [9.17, 15) is 4.79 Å². The molecule has 20 heavy (non-hydrogen) atoms. The molecule has 0 spiro atoms. The molecule has 4 aliphatic heterocycles. The van der Waals surface area contributed by atoms with Gasteiger partial charge in [0.1, 0.15) is 13.2 Å². The maximum atomic E-state index is 12.3. The summed E-state index contributed by atoms with van der Waals surface area (Å²) < 4.78 is 11.1. The fraction of sp³-hybridized carbons (Fsp3) is 0.438. The number of hydrogen-bond donors (Lipinski definition) is 0. The first-order chi connectivity index (χ1) is 9.81. The Bertz CT molecular complexity index is 585. The quantitative estimate of drug-likeness (QED) is 0.733. The van der Waals surface area contributed by atoms with Crippen molar-refractivity contribution in [2.45, 2.75) is 12.8 Å². The lowest BCUT2D eigenvalue weighted by Gasteiger charge is -2.41. The van der Waals surface area contributed by atoms with Gasteiger partial charge in [-0.15, -0.1) is 0 Å². The molecule has 0 atom stereocenters. The number of allylic oxidation sites excluding steroid dienone is 1. The summed E-state index contributed by atoms with van der Waals surface area (Å²) in [4.78, 5) is 14.5. The Hall–Kier alpha value is -1.97. The van der Waals surface area contributed by atoms with E-state index in [-0.39, 0.29) is 5.92 Å². The van der Waals surface area contributed by atoms with Crippen molar-refractivity contribution in [1.29, 1.82) is 0 Å². The molecule has 4 aliphatic rings. The Labute approximate surface area is 118 Å². The minimum Gasteiger partial charge on any atom is -0.486 e. The first-order valence-electron chi connectivity index (χ1n) is 7.22. The average molecular weight is 271 g/mol. The molecule has 104 valence electrons. The molecule has 5 rings (SSSR count). The number of nitrogens with zero attached hydrogens (tertiary/aromatic N) is 1. The van der Waals surface area contributed by atoms with Gasteiger partial charge in [0.25, 0.3) is 0 Å². The summed E-state index contributed by atoms with van der Waals surface area (Å²) in [6, 6.07) is 5.86. The van der Waals surface area contributed by atoms with E-state index in [1.807, 2.05) is 24.3 Å². The molecule has 1 aromatic carbocycles. The highest BCUT2D eigenvalue weighted by Crippen LogP contribution is 2.35. The van der Waals surface area contributed by atoms with Crippen LogP contribution >= 0.6 is 0 Å². The van der Waals surface area contributed by atoms with Crippen molar-refractivity contribution in [3.63, 3.8) is 0 Å². The van der Waals surface area contributed by atoms with Gasteiger partial charge in [-0.05, 0) is 36.6 Å². The third-order valence-corrected chi connectivity index (χ3v) is 4.33. The van der Waals surface area contributed by atoms with E-state index in [2.05, 4.69) is 4.90 Å². The number of hydrogen-bond acceptors (Lipinski definition) is 4. The number of fused-ring (bicyclic) bond motifs is 4. The summed E-state index contributed by atoms with van der Waals surface area (Å²) in [6.07, 6.45) is 4.01. The van der Waals surface area contributed by atoms with Crippen LogP contribution in [0, 0.1) is 5.92 Å². The van der Waals surface area contributed by atoms with Crippen LogP contribution in [0.4, 0.5) is 0 Å². The van der Waals surface area contributed by atoms with Gasteiger partial charge in [0.2, 0.25) is 0 Å². The van der Waals surface area contributed by atoms with Crippen LogP contribution in [0.3, 0.4) is 0 Å². The molecule has 0 aromatic heterocycles. The Morgan fingerprint density at radius 3 is 2.60 bits per heavy atom. The maximum Gasteiger partial charge on any atom is 0.182 e. The zero-order valence-electron chi connectivity index (χ0n) is 11.3. The van der Waals surface area contributed by atoms with E-state index in [1.54, 1.807) is 0 Å². The predicted octanol–water partition coefficient (Wildman–Crippen LogP) is 2.09. The van der Waals surface area contributed by atoms with Crippen molar-refractivity contribution in [1.82, 2.24) is 4.90 Å². The highest BCUT2D eigenvalue weighted by atomic mass is 16.6. The standard InChI is InChI=1S/C16H17NO3/c18-16-12-3-5-17(6-4-12)13(16)9-11-1-2-14-15(10-11)20-8-7-19-14/h1-2,9-10,12H,3-8H2/b13-9-. The molecule has 0 amide bonds. The zero-order chi connectivity index (χ0) is 13.5. The predicted molar refractivity (Wildman–Crippen MR) is 74.7 cm³/mol. The van der Waals surface area contributed by atoms with Crippen LogP contribution in [0.5, 0.6) is 11.5 Å². The Balaban J connectivity index is 1.68. The molecule has 3 fully saturated rings. The topological polar surface area (TPSA) is 38.8 Å². The molecule has 0 unspecified atom stereocenters. The fourth-order valence-electron chi connectivity index (χ4n) is 3.22. The number of Topliss-reactive ketones (excluding diaryl/α,β-unsaturated/α-hetero) is 1. The van der Waals surface area contributed by atoms with E-state index < -0.39 is 0 Å². The molecule has 1 aromatic rings. The largest absolute Gasteiger partial charge is 0.486 e. The van der Waals surface area contributed by atoms with Crippen molar-refractivity contribution >= 4 is 11.9 Å². The average Bonchev–Trinajstić information content (AvgIpc) is 2.51. The summed E-state index contributed by atoms with van der Waals surface area (Å²) in [5.74, 6) is 2.10. The number of carbonyl (C=O) groups is 1. The van der Waals surface area contributed by atoms with Crippen LogP contribution in [-0.4, -0.2) is 37.0 Å². The number of ether oxygens (including phenoxy) is 2. The SMILES string of the molecule is O=C1/C(=C/c2ccc3c(c2)OCCO3)N2CCC1CC2. The highest BCUT2D eigenvalue weighted by Gasteiger charge is 2.36. The number of ketones is 1. The van der Waals surface area contributed by atoms with E-state index in [0.717, 1.165) is 48.7 Å². The van der Waals surface area contributed by atoms with Gasteiger partial charge in [-0.2, -0.15) is 0 Å². The molecule has 4 heterocycles. The first kappa shape index (κ1) is 11.8. The van der Waals surface area contributed by atoms with Gasteiger partial charge >= 0.3 is 0 Å². The van der Waals surface area contributed by atoms with Crippen LogP contribution < -0.4 is 9.47 Å². The number of carbonyl (C=O) groups excluding carboxylic acids is 1. The lowest BCUT2D eigenvalue weighted by Crippen LogP contribution is -2.45. The summed E-state index contributed by atoms with van der Waals surface area (Å²) in [5, 5.41) is 0. The van der Waals surface area contributed by atoms with Crippen molar-refractivity contribution in [2.75, 3.05) is 26.3 Å². The molecule has 4 nitrogen and oxygen atoms in total. The molecule has 0 radical (unpaired) electrons. The van der Waals surface area contributed by atoms with Gasteiger partial charge < -0.3 is 14.4 Å². The second-order valence-corrected chi connectivity index (χ2v) is 5.56. The van der Waals surface area contributed by atoms with Crippen molar-refractivity contribution in [2.24, 2.45) is 5.92 Å². The molecule has 3 saturated heterocycles. The van der Waals surface area contributed by atoms with E-state index in [0.29, 0.717) is 19.0 Å². The third kappa shape index (κ3) is 1.87. The first-order valence-corrected chi connectivity index (χ1v) is 7.22. The third-order valence-electron chi connectivity index (χ3n) is 4.33. The lowest BCUT2D eigenvalue weighted by atomic mass is 9.84. The lowest BCUT2D eigenvalue weighted by molar-refractivity contribution is -0.125. The van der Waals surface area contributed by atoms with Gasteiger partial charge in [0.05, 0.1) is 5.70 Å². The van der Waals surface area contributed by atoms with Crippen LogP contribution in [0.25, 0.3) is 6.08 Å². The molecule has 0 aliphatic carbocycles. The summed E-state index contributed by atoms with van der Waals surface area (Å²) in [6.45, 7) is 3.20. The second kappa shape index (κ2) is 4.54. The van der Waals surface area contributed by atoms with Crippen LogP contribution in [0.2, 0.25) is 0 Å². The number of rotatable bonds is 1. The molecular weight excluding hydrogens is 254 g/mol. The van der Waals surface area contributed by atoms with Gasteiger partial charge in [0.15, 0.2) is 17.3 Å². The molecule has 0 N–H and O–H groups in total. The van der Waals surface area contributed by atoms with Crippen molar-refractivity contribution < 1.29 is 14.3 Å². The Kier molecular flexibility index (Phi) is 2.69. The fourth-order valence-corrected chi connectivity index (χ4v) is 3.22. The number of benzene rings is 1. The second-order valence-electron chi connectivity index (χ2n) is 5.56. The summed E-state index contributed by atoms with van der Waals surface area (Å²) in [7, 11) is 0. The van der Waals surface area contributed by atoms with Crippen LogP contribution in [0.1, 0.15) is 18.4 Å². The normalized spacial score (nSPS) is 23.5. The monoisotopic (exact) mass is 271 g/mol. The van der Waals surface area contributed by atoms with E-state index in [4.69, 9.17) is 9.47 Å². The minimum atomic E-state index is 0.239. The molecular formula is C16H17NO3. The maximum absolute atomic E-state index is 12.3. The summed E-state index contributed by atoms with van der Waals surface area (Å²) in [5.41, 5.74) is 1.87. The smallest absolute Gasteiger partial charge is 0.182 e. The van der Waals surface area contributed by atoms with E-state index >= 15 is 0 Å². The van der Waals surface area contributed by atoms with Gasteiger partial charge in [-0.3, -0.25) is 4.79 Å². The van der Waals surface area contributed by atoms with Crippen molar-refractivity contribution in [3.8, 4) is 11.5 Å². The summed E-state index contributed by atoms with van der Waals surface area (Å²) >= 11 is 0. The van der Waals surface area contributed by atoms with Crippen LogP contribution in [-0.2, 0) is 4.79 Å². The number of piperidine rings is 3. The van der Waals surface area contributed by atoms with Gasteiger partial charge in [0, 0.05) is 19.0 Å². The Morgan fingerprint density at radius 2 is 1.85 bits per heavy atom. The minimum absolute atomic E-state index is 0.239. The van der Waals surface area contributed by atoms with Gasteiger partial charge in [-0.1, -0.05) is 6.07 Å². The zero-order valence-corrected chi connectivity index (χ0v) is 11.3. The van der Waals surface area contributed by atoms with Crippen molar-refractivity contribution in [3.05, 3.63) is 29.5 Å². The van der Waals surface area contributed by atoms with Gasteiger partial charge in [-0.25, -0.2) is 0 Å². The molecule has 2 bridgehead atoms. The molecule has 0 saturated carbocycles. The Morgan fingerprint density at radius 1 is 1.10 bits per heavy atom. The van der Waals surface area contributed by atoms with Crippen LogP contribution in [0.15, 0.2) is 23.9 Å².